The predicted molar refractivity (Wildman–Crippen MR) is 75.5 cm³/mol. The van der Waals surface area contributed by atoms with Crippen molar-refractivity contribution in [2.75, 3.05) is 0 Å². The van der Waals surface area contributed by atoms with Crippen LogP contribution >= 0.6 is 0 Å². The lowest BCUT2D eigenvalue weighted by Crippen LogP contribution is -2.41. The SMILES string of the molecule is C=CCc1ccc(O)c(B2OC(C)(C)C(C)(C)O2)n1. The van der Waals surface area contributed by atoms with E-state index in [2.05, 4.69) is 11.6 Å². The Morgan fingerprint density at radius 2 is 1.84 bits per heavy atom. The molecule has 19 heavy (non-hydrogen) atoms. The van der Waals surface area contributed by atoms with Crippen LogP contribution in [0, 0.1) is 0 Å². The van der Waals surface area contributed by atoms with Gasteiger partial charge in [-0.3, -0.25) is 4.98 Å². The Hall–Kier alpha value is -1.33. The summed E-state index contributed by atoms with van der Waals surface area (Å²) < 4.78 is 11.8. The summed E-state index contributed by atoms with van der Waals surface area (Å²) in [5, 5.41) is 9.96. The molecule has 4 nitrogen and oxygen atoms in total. The summed E-state index contributed by atoms with van der Waals surface area (Å²) in [7, 11) is -0.644. The number of pyridine rings is 1. The first kappa shape index (κ1) is 14.1. The second kappa shape index (κ2) is 4.65. The summed E-state index contributed by atoms with van der Waals surface area (Å²) in [6.07, 6.45) is 2.42. The number of hydrogen-bond acceptors (Lipinski definition) is 4. The van der Waals surface area contributed by atoms with Crippen molar-refractivity contribution < 1.29 is 14.4 Å². The fourth-order valence-electron chi connectivity index (χ4n) is 1.90. The highest BCUT2D eigenvalue weighted by Gasteiger charge is 2.53. The highest BCUT2D eigenvalue weighted by Crippen LogP contribution is 2.36. The molecule has 0 bridgehead atoms. The Kier molecular flexibility index (Phi) is 3.45. The molecule has 1 saturated heterocycles. The third-order valence-corrected chi connectivity index (χ3v) is 3.79. The molecule has 0 unspecified atom stereocenters. The number of nitrogens with zero attached hydrogens (tertiary/aromatic N) is 1. The molecular weight excluding hydrogens is 241 g/mol. The third kappa shape index (κ3) is 2.53. The number of rotatable bonds is 3. The molecule has 1 aromatic heterocycles. The Labute approximate surface area is 114 Å². The first-order chi connectivity index (χ1) is 8.77. The van der Waals surface area contributed by atoms with Gasteiger partial charge in [0.25, 0.3) is 0 Å². The van der Waals surface area contributed by atoms with Gasteiger partial charge in [-0.1, -0.05) is 6.08 Å². The number of allylic oxidation sites excluding steroid dienone is 1. The maximum absolute atomic E-state index is 9.96. The topological polar surface area (TPSA) is 51.6 Å². The van der Waals surface area contributed by atoms with Crippen LogP contribution in [0.2, 0.25) is 0 Å². The van der Waals surface area contributed by atoms with Crippen LogP contribution in [0.4, 0.5) is 0 Å². The van der Waals surface area contributed by atoms with Gasteiger partial charge in [-0.25, -0.2) is 0 Å². The van der Waals surface area contributed by atoms with Gasteiger partial charge in [0.2, 0.25) is 0 Å². The lowest BCUT2D eigenvalue weighted by molar-refractivity contribution is 0.00578. The zero-order valence-electron chi connectivity index (χ0n) is 11.9. The first-order valence-electron chi connectivity index (χ1n) is 6.42. The Morgan fingerprint density at radius 1 is 1.26 bits per heavy atom. The molecule has 0 amide bonds. The quantitative estimate of drug-likeness (QED) is 0.666. The molecule has 2 rings (SSSR count). The van der Waals surface area contributed by atoms with Gasteiger partial charge in [0.05, 0.1) is 11.2 Å². The minimum atomic E-state index is -0.644. The second-order valence-corrected chi connectivity index (χ2v) is 5.79. The molecule has 1 aromatic rings. The summed E-state index contributed by atoms with van der Waals surface area (Å²) in [5.74, 6) is 0.0892. The van der Waals surface area contributed by atoms with E-state index in [-0.39, 0.29) is 5.75 Å². The van der Waals surface area contributed by atoms with Crippen molar-refractivity contribution in [3.05, 3.63) is 30.5 Å². The molecule has 0 aliphatic carbocycles. The Morgan fingerprint density at radius 3 is 2.37 bits per heavy atom. The van der Waals surface area contributed by atoms with Crippen LogP contribution in [0.5, 0.6) is 5.75 Å². The molecule has 0 atom stereocenters. The molecule has 102 valence electrons. The molecule has 0 aromatic carbocycles. The minimum absolute atomic E-state index is 0.0892. The van der Waals surface area contributed by atoms with E-state index < -0.39 is 18.3 Å². The number of aromatic nitrogens is 1. The van der Waals surface area contributed by atoms with Crippen LogP contribution in [0.15, 0.2) is 24.8 Å². The van der Waals surface area contributed by atoms with Crippen LogP contribution in [0.25, 0.3) is 0 Å². The normalized spacial score (nSPS) is 20.5. The molecule has 0 saturated carbocycles. The minimum Gasteiger partial charge on any atom is -0.507 e. The third-order valence-electron chi connectivity index (χ3n) is 3.79. The molecule has 1 fully saturated rings. The summed E-state index contributed by atoms with van der Waals surface area (Å²) in [5.41, 5.74) is 0.371. The van der Waals surface area contributed by atoms with E-state index >= 15 is 0 Å². The average molecular weight is 261 g/mol. The highest BCUT2D eigenvalue weighted by atomic mass is 16.7. The zero-order valence-corrected chi connectivity index (χ0v) is 11.9. The van der Waals surface area contributed by atoms with E-state index in [0.29, 0.717) is 12.0 Å². The lowest BCUT2D eigenvalue weighted by Gasteiger charge is -2.32. The van der Waals surface area contributed by atoms with Crippen LogP contribution in [-0.4, -0.2) is 28.4 Å². The van der Waals surface area contributed by atoms with Crippen molar-refractivity contribution in [2.24, 2.45) is 0 Å². The zero-order chi connectivity index (χ0) is 14.3. The van der Waals surface area contributed by atoms with Crippen LogP contribution < -0.4 is 5.59 Å². The van der Waals surface area contributed by atoms with E-state index in [1.54, 1.807) is 18.2 Å². The van der Waals surface area contributed by atoms with Gasteiger partial charge in [-0.2, -0.15) is 0 Å². The van der Waals surface area contributed by atoms with Gasteiger partial charge in [-0.05, 0) is 39.8 Å². The van der Waals surface area contributed by atoms with Crippen LogP contribution in [-0.2, 0) is 15.7 Å². The van der Waals surface area contributed by atoms with Crippen molar-refractivity contribution in [2.45, 2.75) is 45.3 Å². The number of aromatic hydroxyl groups is 1. The average Bonchev–Trinajstić information content (AvgIpc) is 2.51. The lowest BCUT2D eigenvalue weighted by atomic mass is 9.83. The monoisotopic (exact) mass is 261 g/mol. The molecular formula is C14H20BNO3. The van der Waals surface area contributed by atoms with Crippen molar-refractivity contribution in [3.8, 4) is 5.75 Å². The van der Waals surface area contributed by atoms with E-state index in [4.69, 9.17) is 9.31 Å². The predicted octanol–water partition coefficient (Wildman–Crippen LogP) is 1.81. The second-order valence-electron chi connectivity index (χ2n) is 5.79. The smallest absolute Gasteiger partial charge is 0.507 e. The molecule has 0 spiro atoms. The summed E-state index contributed by atoms with van der Waals surface area (Å²) in [4.78, 5) is 4.40. The van der Waals surface area contributed by atoms with Crippen molar-refractivity contribution in [3.63, 3.8) is 0 Å². The molecule has 1 N–H and O–H groups in total. The molecule has 1 aliphatic rings. The largest absolute Gasteiger partial charge is 0.518 e. The summed E-state index contributed by atoms with van der Waals surface area (Å²) >= 11 is 0. The van der Waals surface area contributed by atoms with Gasteiger partial charge >= 0.3 is 7.12 Å². The molecule has 1 aliphatic heterocycles. The van der Waals surface area contributed by atoms with Gasteiger partial charge in [0.1, 0.15) is 11.3 Å². The van der Waals surface area contributed by atoms with Crippen LogP contribution in [0.3, 0.4) is 0 Å². The van der Waals surface area contributed by atoms with Gasteiger partial charge in [-0.15, -0.1) is 6.58 Å². The fourth-order valence-corrected chi connectivity index (χ4v) is 1.90. The maximum atomic E-state index is 9.96. The Bertz CT molecular complexity index is 483. The van der Waals surface area contributed by atoms with E-state index in [0.717, 1.165) is 5.69 Å². The molecule has 5 heteroatoms. The maximum Gasteiger partial charge on any atom is 0.518 e. The van der Waals surface area contributed by atoms with Gasteiger partial charge in [0, 0.05) is 12.1 Å². The first-order valence-corrected chi connectivity index (χ1v) is 6.42. The molecule has 2 heterocycles. The van der Waals surface area contributed by atoms with Gasteiger partial charge < -0.3 is 14.4 Å². The van der Waals surface area contributed by atoms with E-state index in [1.807, 2.05) is 27.7 Å². The summed E-state index contributed by atoms with van der Waals surface area (Å²) in [6.45, 7) is 11.6. The van der Waals surface area contributed by atoms with Crippen molar-refractivity contribution in [1.82, 2.24) is 4.98 Å². The van der Waals surface area contributed by atoms with Gasteiger partial charge in [0.15, 0.2) is 0 Å². The number of hydrogen-bond donors (Lipinski definition) is 1. The highest BCUT2D eigenvalue weighted by molar-refractivity contribution is 6.62. The van der Waals surface area contributed by atoms with E-state index in [9.17, 15) is 5.11 Å². The molecule has 0 radical (unpaired) electrons. The fraction of sp³-hybridized carbons (Fsp3) is 0.500. The van der Waals surface area contributed by atoms with Crippen molar-refractivity contribution in [1.29, 1.82) is 0 Å². The van der Waals surface area contributed by atoms with Crippen molar-refractivity contribution >= 4 is 12.7 Å². The Balaban J connectivity index is 2.33. The standard InChI is InChI=1S/C14H20BNO3/c1-6-7-10-8-9-11(17)12(16-10)15-18-13(2,3)14(4,5)19-15/h6,8-9,17H,1,7H2,2-5H3. The van der Waals surface area contributed by atoms with Crippen LogP contribution in [0.1, 0.15) is 33.4 Å². The van der Waals surface area contributed by atoms with E-state index in [1.165, 1.54) is 0 Å². The summed E-state index contributed by atoms with van der Waals surface area (Å²) in [6, 6.07) is 3.39.